The van der Waals surface area contributed by atoms with Crippen molar-refractivity contribution in [3.05, 3.63) is 0 Å². The van der Waals surface area contributed by atoms with Gasteiger partial charge in [-0.2, -0.15) is 0 Å². The summed E-state index contributed by atoms with van der Waals surface area (Å²) in [5.74, 6) is 0.137. The van der Waals surface area contributed by atoms with Crippen molar-refractivity contribution < 1.29 is 18.3 Å². The molecule has 1 unspecified atom stereocenters. The first kappa shape index (κ1) is 17.9. The first-order valence-corrected chi connectivity index (χ1v) is 9.66. The summed E-state index contributed by atoms with van der Waals surface area (Å²) in [5.41, 5.74) is -0.158. The van der Waals surface area contributed by atoms with Crippen molar-refractivity contribution in [3.8, 4) is 0 Å². The second-order valence-corrected chi connectivity index (χ2v) is 9.21. The summed E-state index contributed by atoms with van der Waals surface area (Å²) in [4.78, 5) is 0. The zero-order chi connectivity index (χ0) is 15.4. The van der Waals surface area contributed by atoms with E-state index in [0.29, 0.717) is 24.9 Å². The van der Waals surface area contributed by atoms with Gasteiger partial charge in [-0.05, 0) is 50.9 Å². The fourth-order valence-corrected chi connectivity index (χ4v) is 3.70. The second kappa shape index (κ2) is 6.75. The zero-order valence-corrected chi connectivity index (χ0v) is 14.1. The van der Waals surface area contributed by atoms with Crippen LogP contribution in [-0.2, 0) is 14.6 Å². The van der Waals surface area contributed by atoms with Gasteiger partial charge in [0.2, 0.25) is 0 Å². The Balaban J connectivity index is 2.61. The van der Waals surface area contributed by atoms with Crippen LogP contribution < -0.4 is 0 Å². The van der Waals surface area contributed by atoms with Crippen LogP contribution in [0, 0.1) is 5.41 Å². The third-order valence-electron chi connectivity index (χ3n) is 4.48. The zero-order valence-electron chi connectivity index (χ0n) is 13.3. The predicted octanol–water partition coefficient (Wildman–Crippen LogP) is 2.55. The van der Waals surface area contributed by atoms with E-state index in [1.54, 1.807) is 0 Å². The third-order valence-corrected chi connectivity index (χ3v) is 5.51. The smallest absolute Gasteiger partial charge is 0.147 e. The first-order valence-electron chi connectivity index (χ1n) is 7.60. The van der Waals surface area contributed by atoms with Crippen molar-refractivity contribution in [2.75, 3.05) is 18.6 Å². The Labute approximate surface area is 123 Å². The number of aliphatic hydroxyl groups is 1. The molecule has 120 valence electrons. The fraction of sp³-hybridized carbons (Fsp3) is 1.00. The standard InChI is InChI=1S/C15H30O4S/c1-5-19-15(10-8-14(2,3)9-11-15)13(16)7-6-12-20(4,17)18/h13,16H,5-12H2,1-4H3. The Morgan fingerprint density at radius 1 is 1.20 bits per heavy atom. The number of hydrogen-bond donors (Lipinski definition) is 1. The van der Waals surface area contributed by atoms with Crippen molar-refractivity contribution in [1.29, 1.82) is 0 Å². The monoisotopic (exact) mass is 306 g/mol. The highest BCUT2D eigenvalue weighted by atomic mass is 32.2. The minimum Gasteiger partial charge on any atom is -0.390 e. The molecule has 0 saturated heterocycles. The molecular formula is C15H30O4S. The lowest BCUT2D eigenvalue weighted by Crippen LogP contribution is -2.49. The van der Waals surface area contributed by atoms with Crippen LogP contribution in [0.2, 0.25) is 0 Å². The lowest BCUT2D eigenvalue weighted by molar-refractivity contribution is -0.153. The molecule has 0 radical (unpaired) electrons. The van der Waals surface area contributed by atoms with Crippen molar-refractivity contribution in [2.24, 2.45) is 5.41 Å². The molecule has 0 aromatic rings. The molecule has 1 saturated carbocycles. The summed E-state index contributed by atoms with van der Waals surface area (Å²) >= 11 is 0. The van der Waals surface area contributed by atoms with Gasteiger partial charge in [0.1, 0.15) is 9.84 Å². The summed E-state index contributed by atoms with van der Waals surface area (Å²) in [6.45, 7) is 7.03. The topological polar surface area (TPSA) is 63.6 Å². The summed E-state index contributed by atoms with van der Waals surface area (Å²) in [6.07, 6.45) is 5.45. The van der Waals surface area contributed by atoms with E-state index in [-0.39, 0.29) is 5.75 Å². The van der Waals surface area contributed by atoms with Crippen molar-refractivity contribution in [1.82, 2.24) is 0 Å². The van der Waals surface area contributed by atoms with Crippen LogP contribution in [0.4, 0.5) is 0 Å². The lowest BCUT2D eigenvalue weighted by atomic mass is 9.68. The summed E-state index contributed by atoms with van der Waals surface area (Å²) < 4.78 is 28.2. The Kier molecular flexibility index (Phi) is 6.05. The van der Waals surface area contributed by atoms with E-state index in [1.807, 2.05) is 6.92 Å². The SMILES string of the molecule is CCOC1(C(O)CCCS(C)(=O)=O)CCC(C)(C)CC1. The van der Waals surface area contributed by atoms with Crippen LogP contribution in [-0.4, -0.2) is 43.8 Å². The van der Waals surface area contributed by atoms with Gasteiger partial charge >= 0.3 is 0 Å². The summed E-state index contributed by atoms with van der Waals surface area (Å²) in [7, 11) is -2.95. The maximum atomic E-state index is 11.2. The van der Waals surface area contributed by atoms with Crippen LogP contribution in [0.15, 0.2) is 0 Å². The van der Waals surface area contributed by atoms with Gasteiger partial charge in [-0.15, -0.1) is 0 Å². The van der Waals surface area contributed by atoms with Crippen molar-refractivity contribution >= 4 is 9.84 Å². The first-order chi connectivity index (χ1) is 9.10. The molecule has 20 heavy (non-hydrogen) atoms. The van der Waals surface area contributed by atoms with E-state index in [0.717, 1.165) is 25.7 Å². The molecule has 5 heteroatoms. The molecule has 1 aliphatic carbocycles. The molecule has 1 fully saturated rings. The van der Waals surface area contributed by atoms with E-state index in [1.165, 1.54) is 6.26 Å². The molecule has 0 amide bonds. The van der Waals surface area contributed by atoms with E-state index in [4.69, 9.17) is 4.74 Å². The molecular weight excluding hydrogens is 276 g/mol. The molecule has 0 aromatic carbocycles. The number of ether oxygens (including phenoxy) is 1. The second-order valence-electron chi connectivity index (χ2n) is 6.95. The van der Waals surface area contributed by atoms with Gasteiger partial charge in [-0.25, -0.2) is 8.42 Å². The van der Waals surface area contributed by atoms with Crippen LogP contribution in [0.1, 0.15) is 59.3 Å². The average molecular weight is 306 g/mol. The number of sulfone groups is 1. The minimum absolute atomic E-state index is 0.137. The minimum atomic E-state index is -2.95. The van der Waals surface area contributed by atoms with Gasteiger partial charge in [0, 0.05) is 18.6 Å². The Hall–Kier alpha value is -0.130. The van der Waals surface area contributed by atoms with Gasteiger partial charge in [0.25, 0.3) is 0 Å². The van der Waals surface area contributed by atoms with Gasteiger partial charge in [-0.1, -0.05) is 13.8 Å². The molecule has 1 aliphatic rings. The molecule has 1 N–H and O–H groups in total. The normalized spacial score (nSPS) is 23.4. The predicted molar refractivity (Wildman–Crippen MR) is 81.6 cm³/mol. The Bertz CT molecular complexity index is 390. The van der Waals surface area contributed by atoms with E-state index in [9.17, 15) is 13.5 Å². The van der Waals surface area contributed by atoms with Crippen LogP contribution in [0.25, 0.3) is 0 Å². The van der Waals surface area contributed by atoms with Crippen LogP contribution >= 0.6 is 0 Å². The molecule has 0 bridgehead atoms. The molecule has 1 rings (SSSR count). The third kappa shape index (κ3) is 5.34. The highest BCUT2D eigenvalue weighted by Gasteiger charge is 2.43. The van der Waals surface area contributed by atoms with E-state index in [2.05, 4.69) is 13.8 Å². The molecule has 0 heterocycles. The van der Waals surface area contributed by atoms with Crippen LogP contribution in [0.5, 0.6) is 0 Å². The highest BCUT2D eigenvalue weighted by molar-refractivity contribution is 7.90. The van der Waals surface area contributed by atoms with Crippen molar-refractivity contribution in [3.63, 3.8) is 0 Å². The van der Waals surface area contributed by atoms with Gasteiger partial charge in [0.15, 0.2) is 0 Å². The summed E-state index contributed by atoms with van der Waals surface area (Å²) in [5, 5.41) is 10.5. The number of hydrogen-bond acceptors (Lipinski definition) is 4. The average Bonchev–Trinajstić information content (AvgIpc) is 2.30. The van der Waals surface area contributed by atoms with E-state index >= 15 is 0 Å². The molecule has 4 nitrogen and oxygen atoms in total. The molecule has 0 spiro atoms. The molecule has 0 aliphatic heterocycles. The summed E-state index contributed by atoms with van der Waals surface area (Å²) in [6, 6.07) is 0. The Morgan fingerprint density at radius 2 is 1.75 bits per heavy atom. The molecule has 1 atom stereocenters. The van der Waals surface area contributed by atoms with Gasteiger partial charge < -0.3 is 9.84 Å². The fourth-order valence-electron chi connectivity index (χ4n) is 3.01. The Morgan fingerprint density at radius 3 is 2.20 bits per heavy atom. The largest absolute Gasteiger partial charge is 0.390 e. The maximum Gasteiger partial charge on any atom is 0.147 e. The number of rotatable bonds is 7. The quantitative estimate of drug-likeness (QED) is 0.785. The van der Waals surface area contributed by atoms with Crippen LogP contribution in [0.3, 0.4) is 0 Å². The lowest BCUT2D eigenvalue weighted by Gasteiger charge is -2.46. The van der Waals surface area contributed by atoms with Crippen molar-refractivity contribution in [2.45, 2.75) is 71.0 Å². The maximum absolute atomic E-state index is 11.2. The van der Waals surface area contributed by atoms with Gasteiger partial charge in [0.05, 0.1) is 11.7 Å². The van der Waals surface area contributed by atoms with Gasteiger partial charge in [-0.3, -0.25) is 0 Å². The van der Waals surface area contributed by atoms with E-state index < -0.39 is 21.5 Å². The number of aliphatic hydroxyl groups excluding tert-OH is 1. The molecule has 0 aromatic heterocycles. The highest BCUT2D eigenvalue weighted by Crippen LogP contribution is 2.44.